The van der Waals surface area contributed by atoms with Crippen molar-refractivity contribution in [3.63, 3.8) is 0 Å². The van der Waals surface area contributed by atoms with Gasteiger partial charge in [-0.2, -0.15) is 0 Å². The molecule has 0 rings (SSSR count). The van der Waals surface area contributed by atoms with Crippen LogP contribution in [0.1, 0.15) is 40.0 Å². The van der Waals surface area contributed by atoms with E-state index in [1.165, 1.54) is 7.11 Å². The molecule has 108 valence electrons. The van der Waals surface area contributed by atoms with Crippen molar-refractivity contribution < 1.29 is 28.5 Å². The largest absolute Gasteiger partial charge is 0.508 e. The maximum absolute atomic E-state index is 10.5. The molecule has 0 unspecified atom stereocenters. The van der Waals surface area contributed by atoms with Crippen molar-refractivity contribution >= 4 is 12.3 Å². The van der Waals surface area contributed by atoms with Crippen LogP contribution in [0, 0.1) is 0 Å². The first kappa shape index (κ1) is 18.9. The maximum atomic E-state index is 10.5. The van der Waals surface area contributed by atoms with Crippen molar-refractivity contribution in [3.05, 3.63) is 0 Å². The highest BCUT2D eigenvalue weighted by Crippen LogP contribution is 1.88. The maximum Gasteiger partial charge on any atom is 0.508 e. The first-order chi connectivity index (χ1) is 8.62. The lowest BCUT2D eigenvalue weighted by molar-refractivity contribution is 0.0554. The van der Waals surface area contributed by atoms with E-state index in [2.05, 4.69) is 18.9 Å². The van der Waals surface area contributed by atoms with Gasteiger partial charge in [0, 0.05) is 0 Å². The summed E-state index contributed by atoms with van der Waals surface area (Å²) < 4.78 is 17.9. The normalized spacial score (nSPS) is 8.67. The number of carbonyl (C=O) groups is 2. The Morgan fingerprint density at radius 1 is 0.722 bits per heavy atom. The van der Waals surface area contributed by atoms with Gasteiger partial charge in [0.25, 0.3) is 0 Å². The Morgan fingerprint density at radius 3 is 1.33 bits per heavy atom. The number of hydrogen-bond donors (Lipinski definition) is 0. The Labute approximate surface area is 109 Å². The summed E-state index contributed by atoms with van der Waals surface area (Å²) in [4.78, 5) is 20.6. The van der Waals surface area contributed by atoms with Gasteiger partial charge in [0.05, 0.1) is 26.9 Å². The average molecular weight is 264 g/mol. The van der Waals surface area contributed by atoms with E-state index >= 15 is 0 Å². The fourth-order valence-corrected chi connectivity index (χ4v) is 0.657. The van der Waals surface area contributed by atoms with Gasteiger partial charge >= 0.3 is 12.3 Å². The Bertz CT molecular complexity index is 195. The number of ether oxygens (including phenoxy) is 4. The minimum atomic E-state index is -0.605. The summed E-state index contributed by atoms with van der Waals surface area (Å²) in [6.45, 7) is 7.13. The predicted octanol–water partition coefficient (Wildman–Crippen LogP) is 3.14. The lowest BCUT2D eigenvalue weighted by atomic mass is 10.5. The van der Waals surface area contributed by atoms with Crippen LogP contribution < -0.4 is 0 Å². The average Bonchev–Trinajstić information content (AvgIpc) is 2.40. The summed E-state index contributed by atoms with van der Waals surface area (Å²) in [7, 11) is 1.29. The zero-order valence-electron chi connectivity index (χ0n) is 11.7. The molecule has 0 heterocycles. The summed E-state index contributed by atoms with van der Waals surface area (Å²) in [5.74, 6) is 0. The summed E-state index contributed by atoms with van der Waals surface area (Å²) in [5, 5.41) is 0. The van der Waals surface area contributed by atoms with Crippen LogP contribution in [0.4, 0.5) is 9.59 Å². The van der Waals surface area contributed by atoms with Crippen molar-refractivity contribution in [1.82, 2.24) is 0 Å². The van der Waals surface area contributed by atoms with E-state index < -0.39 is 12.3 Å². The molecule has 0 spiro atoms. The van der Waals surface area contributed by atoms with Gasteiger partial charge in [-0.3, -0.25) is 0 Å². The monoisotopic (exact) mass is 264 g/mol. The van der Waals surface area contributed by atoms with Crippen LogP contribution in [0.2, 0.25) is 0 Å². The quantitative estimate of drug-likeness (QED) is 0.686. The molecule has 0 aromatic heterocycles. The zero-order chi connectivity index (χ0) is 14.2. The summed E-state index contributed by atoms with van der Waals surface area (Å²) in [6.07, 6.45) is 1.34. The molecule has 6 nitrogen and oxygen atoms in total. The van der Waals surface area contributed by atoms with Crippen molar-refractivity contribution in [3.8, 4) is 0 Å². The molecule has 0 saturated carbocycles. The Kier molecular flexibility index (Phi) is 16.3. The number of methoxy groups -OCH3 is 1. The van der Waals surface area contributed by atoms with Gasteiger partial charge in [0.15, 0.2) is 0 Å². The standard InChI is InChI=1S/C7H14O3.C5H10O3/c1-3-5-9-7(8)10-6-4-2;1-3-4-8-5(6)7-2/h3-6H2,1-2H3;3-4H2,1-2H3. The fraction of sp³-hybridized carbons (Fsp3) is 0.833. The van der Waals surface area contributed by atoms with Crippen LogP contribution in [0.5, 0.6) is 0 Å². The molecule has 18 heavy (non-hydrogen) atoms. The zero-order valence-corrected chi connectivity index (χ0v) is 11.7. The Balaban J connectivity index is 0. The minimum Gasteiger partial charge on any atom is -0.438 e. The third-order valence-corrected chi connectivity index (χ3v) is 1.44. The first-order valence-electron chi connectivity index (χ1n) is 6.12. The molecule has 0 atom stereocenters. The highest BCUT2D eigenvalue weighted by Gasteiger charge is 1.99. The van der Waals surface area contributed by atoms with Crippen molar-refractivity contribution in [1.29, 1.82) is 0 Å². The highest BCUT2D eigenvalue weighted by atomic mass is 16.7. The molecular formula is C12H24O6. The fourth-order valence-electron chi connectivity index (χ4n) is 0.657. The van der Waals surface area contributed by atoms with Crippen molar-refractivity contribution in [2.24, 2.45) is 0 Å². The molecule has 0 saturated heterocycles. The van der Waals surface area contributed by atoms with Gasteiger partial charge in [-0.05, 0) is 19.3 Å². The third kappa shape index (κ3) is 17.0. The summed E-state index contributed by atoms with van der Waals surface area (Å²) >= 11 is 0. The summed E-state index contributed by atoms with van der Waals surface area (Å²) in [6, 6.07) is 0. The van der Waals surface area contributed by atoms with Crippen LogP contribution in [0.25, 0.3) is 0 Å². The highest BCUT2D eigenvalue weighted by molar-refractivity contribution is 5.59. The molecular weight excluding hydrogens is 240 g/mol. The molecule has 0 N–H and O–H groups in total. The third-order valence-electron chi connectivity index (χ3n) is 1.44. The second-order valence-electron chi connectivity index (χ2n) is 3.25. The SMILES string of the molecule is CCCOC(=O)OC.CCCOC(=O)OCCC. The van der Waals surface area contributed by atoms with E-state index in [0.717, 1.165) is 19.3 Å². The topological polar surface area (TPSA) is 71.1 Å². The van der Waals surface area contributed by atoms with Crippen molar-refractivity contribution in [2.45, 2.75) is 40.0 Å². The molecule has 0 aromatic carbocycles. The second-order valence-corrected chi connectivity index (χ2v) is 3.25. The lowest BCUT2D eigenvalue weighted by Crippen LogP contribution is -2.08. The minimum absolute atomic E-state index is 0.437. The van der Waals surface area contributed by atoms with Gasteiger partial charge in [-0.15, -0.1) is 0 Å². The predicted molar refractivity (Wildman–Crippen MR) is 66.5 cm³/mol. The summed E-state index contributed by atoms with van der Waals surface area (Å²) in [5.41, 5.74) is 0. The van der Waals surface area contributed by atoms with Gasteiger partial charge in [-0.1, -0.05) is 20.8 Å². The molecule has 0 aliphatic rings. The van der Waals surface area contributed by atoms with E-state index in [1.807, 2.05) is 20.8 Å². The van der Waals surface area contributed by atoms with Crippen molar-refractivity contribution in [2.75, 3.05) is 26.9 Å². The Morgan fingerprint density at radius 2 is 1.06 bits per heavy atom. The van der Waals surface area contributed by atoms with Crippen LogP contribution in [0.15, 0.2) is 0 Å². The molecule has 0 fully saturated rings. The van der Waals surface area contributed by atoms with Crippen LogP contribution in [-0.2, 0) is 18.9 Å². The van der Waals surface area contributed by atoms with E-state index in [-0.39, 0.29) is 0 Å². The molecule has 0 amide bonds. The van der Waals surface area contributed by atoms with E-state index in [9.17, 15) is 9.59 Å². The second kappa shape index (κ2) is 15.5. The number of hydrogen-bond acceptors (Lipinski definition) is 6. The van der Waals surface area contributed by atoms with E-state index in [0.29, 0.717) is 19.8 Å². The van der Waals surface area contributed by atoms with Crippen LogP contribution in [-0.4, -0.2) is 39.2 Å². The molecule has 6 heteroatoms. The smallest absolute Gasteiger partial charge is 0.438 e. The van der Waals surface area contributed by atoms with E-state index in [4.69, 9.17) is 0 Å². The van der Waals surface area contributed by atoms with Crippen LogP contribution in [0.3, 0.4) is 0 Å². The Hall–Kier alpha value is -1.46. The van der Waals surface area contributed by atoms with Gasteiger partial charge in [0.2, 0.25) is 0 Å². The van der Waals surface area contributed by atoms with Gasteiger partial charge in [-0.25, -0.2) is 9.59 Å². The molecule has 0 aliphatic heterocycles. The molecule has 0 radical (unpaired) electrons. The van der Waals surface area contributed by atoms with Crippen LogP contribution >= 0.6 is 0 Å². The number of carbonyl (C=O) groups excluding carboxylic acids is 2. The van der Waals surface area contributed by atoms with E-state index in [1.54, 1.807) is 0 Å². The molecule has 0 bridgehead atoms. The lowest BCUT2D eigenvalue weighted by Gasteiger charge is -2.02. The van der Waals surface area contributed by atoms with Gasteiger partial charge in [0.1, 0.15) is 0 Å². The van der Waals surface area contributed by atoms with Gasteiger partial charge < -0.3 is 18.9 Å². The molecule has 0 aromatic rings. The number of rotatable bonds is 6. The molecule has 0 aliphatic carbocycles. The first-order valence-corrected chi connectivity index (χ1v) is 6.12.